The van der Waals surface area contributed by atoms with Gasteiger partial charge in [-0.25, -0.2) is 4.39 Å². The van der Waals surface area contributed by atoms with Crippen molar-refractivity contribution in [3.63, 3.8) is 0 Å². The van der Waals surface area contributed by atoms with Crippen LogP contribution >= 0.6 is 0 Å². The van der Waals surface area contributed by atoms with Crippen LogP contribution in [0.25, 0.3) is 0 Å². The molecule has 0 aliphatic heterocycles. The molecule has 0 bridgehead atoms. The summed E-state index contributed by atoms with van der Waals surface area (Å²) in [4.78, 5) is 28.3. The van der Waals surface area contributed by atoms with Gasteiger partial charge < -0.3 is 15.4 Å². The number of nitrogens with one attached hydrogen (secondary N) is 2. The molecule has 1 unspecified atom stereocenters. The maximum absolute atomic E-state index is 13.1. The zero-order valence-electron chi connectivity index (χ0n) is 17.0. The average molecular weight is 419 g/mol. The topological polar surface area (TPSA) is 80.3 Å². The first-order chi connectivity index (χ1) is 15.0. The molecule has 6 nitrogen and oxygen atoms in total. The standard InChI is InChI=1S/C24H22FN3O3/c1-26-24(30)22-14-21(10-11-27-22)31-20-9-5-15-4-8-19(12-17(15)13-20)28-23(29)16-2-6-18(25)7-3-16/h2-3,5-7,9-11,13-14,19H,4,8,12H2,1H3,(H,26,30)(H,28,29). The van der Waals surface area contributed by atoms with Crippen molar-refractivity contribution >= 4 is 11.8 Å². The number of rotatable bonds is 5. The Bertz CT molecular complexity index is 1120. The summed E-state index contributed by atoms with van der Waals surface area (Å²) >= 11 is 0. The van der Waals surface area contributed by atoms with E-state index in [0.717, 1.165) is 18.4 Å². The van der Waals surface area contributed by atoms with Gasteiger partial charge in [-0.3, -0.25) is 14.6 Å². The van der Waals surface area contributed by atoms with Crippen LogP contribution in [0.2, 0.25) is 0 Å². The van der Waals surface area contributed by atoms with Crippen LogP contribution in [0.15, 0.2) is 60.8 Å². The molecule has 0 saturated heterocycles. The highest BCUT2D eigenvalue weighted by Gasteiger charge is 2.21. The van der Waals surface area contributed by atoms with Crippen molar-refractivity contribution in [3.05, 3.63) is 89.0 Å². The van der Waals surface area contributed by atoms with Crippen LogP contribution in [0.1, 0.15) is 38.4 Å². The highest BCUT2D eigenvalue weighted by molar-refractivity contribution is 5.94. The summed E-state index contributed by atoms with van der Waals surface area (Å²) in [6.07, 6.45) is 3.89. The molecule has 0 radical (unpaired) electrons. The van der Waals surface area contributed by atoms with E-state index in [1.807, 2.05) is 18.2 Å². The summed E-state index contributed by atoms with van der Waals surface area (Å²) in [5.74, 6) is 0.311. The molecule has 31 heavy (non-hydrogen) atoms. The summed E-state index contributed by atoms with van der Waals surface area (Å²) < 4.78 is 19.0. The Morgan fingerprint density at radius 2 is 1.77 bits per heavy atom. The van der Waals surface area contributed by atoms with Crippen molar-refractivity contribution < 1.29 is 18.7 Å². The van der Waals surface area contributed by atoms with Crippen molar-refractivity contribution in [1.82, 2.24) is 15.6 Å². The molecular formula is C24H22FN3O3. The number of aryl methyl sites for hydroxylation is 1. The fraction of sp³-hybridized carbons (Fsp3) is 0.208. The van der Waals surface area contributed by atoms with Gasteiger partial charge in [0.25, 0.3) is 11.8 Å². The largest absolute Gasteiger partial charge is 0.457 e. The molecule has 2 aromatic carbocycles. The molecule has 1 aliphatic carbocycles. The van der Waals surface area contributed by atoms with Crippen molar-refractivity contribution in [3.8, 4) is 11.5 Å². The Morgan fingerprint density at radius 3 is 2.55 bits per heavy atom. The van der Waals surface area contributed by atoms with Crippen LogP contribution < -0.4 is 15.4 Å². The molecule has 7 heteroatoms. The predicted octanol–water partition coefficient (Wildman–Crippen LogP) is 3.66. The first-order valence-corrected chi connectivity index (χ1v) is 10.1. The number of amides is 2. The second-order valence-corrected chi connectivity index (χ2v) is 7.41. The van der Waals surface area contributed by atoms with E-state index in [4.69, 9.17) is 4.74 Å². The van der Waals surface area contributed by atoms with Gasteiger partial charge in [0.05, 0.1) is 0 Å². The van der Waals surface area contributed by atoms with Crippen LogP contribution in [-0.2, 0) is 12.8 Å². The highest BCUT2D eigenvalue weighted by atomic mass is 19.1. The SMILES string of the molecule is CNC(=O)c1cc(Oc2ccc3c(c2)CC(NC(=O)c2ccc(F)cc2)CC3)ccn1. The summed E-state index contributed by atoms with van der Waals surface area (Å²) in [7, 11) is 1.55. The molecule has 2 N–H and O–H groups in total. The third-order valence-electron chi connectivity index (χ3n) is 5.27. The number of carbonyl (C=O) groups is 2. The minimum Gasteiger partial charge on any atom is -0.457 e. The van der Waals surface area contributed by atoms with Crippen molar-refractivity contribution in [1.29, 1.82) is 0 Å². The summed E-state index contributed by atoms with van der Waals surface area (Å²) in [5, 5.41) is 5.57. The number of nitrogens with zero attached hydrogens (tertiary/aromatic N) is 1. The Hall–Kier alpha value is -3.74. The van der Waals surface area contributed by atoms with E-state index in [1.165, 1.54) is 36.0 Å². The van der Waals surface area contributed by atoms with E-state index >= 15 is 0 Å². The number of pyridine rings is 1. The third-order valence-corrected chi connectivity index (χ3v) is 5.27. The number of benzene rings is 2. The van der Waals surface area contributed by atoms with E-state index in [1.54, 1.807) is 19.2 Å². The van der Waals surface area contributed by atoms with Gasteiger partial charge >= 0.3 is 0 Å². The summed E-state index contributed by atoms with van der Waals surface area (Å²) in [6.45, 7) is 0. The van der Waals surface area contributed by atoms with E-state index in [9.17, 15) is 14.0 Å². The van der Waals surface area contributed by atoms with Crippen molar-refractivity contribution in [2.24, 2.45) is 0 Å². The Labute approximate surface area is 179 Å². The summed E-state index contributed by atoms with van der Waals surface area (Å²) in [6, 6.07) is 14.7. The van der Waals surface area contributed by atoms with Crippen LogP contribution in [-0.4, -0.2) is 29.9 Å². The van der Waals surface area contributed by atoms with E-state index in [-0.39, 0.29) is 29.4 Å². The monoisotopic (exact) mass is 419 g/mol. The molecule has 2 amide bonds. The number of halogens is 1. The Kier molecular flexibility index (Phi) is 5.93. The smallest absolute Gasteiger partial charge is 0.269 e. The number of fused-ring (bicyclic) bond motifs is 1. The lowest BCUT2D eigenvalue weighted by molar-refractivity contribution is 0.0931. The van der Waals surface area contributed by atoms with Crippen molar-refractivity contribution in [2.45, 2.75) is 25.3 Å². The minimum absolute atomic E-state index is 0.0129. The van der Waals surface area contributed by atoms with Crippen LogP contribution in [0.3, 0.4) is 0 Å². The molecule has 1 heterocycles. The first kappa shape index (κ1) is 20.5. The molecule has 4 rings (SSSR count). The van der Waals surface area contributed by atoms with Gasteiger partial charge in [0, 0.05) is 30.9 Å². The summed E-state index contributed by atoms with van der Waals surface area (Å²) in [5.41, 5.74) is 3.05. The predicted molar refractivity (Wildman–Crippen MR) is 114 cm³/mol. The van der Waals surface area contributed by atoms with E-state index in [2.05, 4.69) is 15.6 Å². The van der Waals surface area contributed by atoms with Gasteiger partial charge in [-0.05, 0) is 72.9 Å². The van der Waals surface area contributed by atoms with Gasteiger partial charge in [0.2, 0.25) is 0 Å². The zero-order chi connectivity index (χ0) is 21.8. The number of aromatic nitrogens is 1. The molecule has 1 aliphatic rings. The minimum atomic E-state index is -0.368. The van der Waals surface area contributed by atoms with Crippen molar-refractivity contribution in [2.75, 3.05) is 7.05 Å². The number of hydrogen-bond acceptors (Lipinski definition) is 4. The Balaban J connectivity index is 1.45. The molecule has 1 aromatic heterocycles. The van der Waals surface area contributed by atoms with Crippen LogP contribution in [0.5, 0.6) is 11.5 Å². The van der Waals surface area contributed by atoms with Gasteiger partial charge in [-0.15, -0.1) is 0 Å². The lowest BCUT2D eigenvalue weighted by Crippen LogP contribution is -2.38. The molecule has 1 atom stereocenters. The molecule has 0 saturated carbocycles. The van der Waals surface area contributed by atoms with Crippen LogP contribution in [0.4, 0.5) is 4.39 Å². The van der Waals surface area contributed by atoms with Crippen LogP contribution in [0, 0.1) is 5.82 Å². The first-order valence-electron chi connectivity index (χ1n) is 10.1. The lowest BCUT2D eigenvalue weighted by atomic mass is 9.88. The number of ether oxygens (including phenoxy) is 1. The molecule has 0 fully saturated rings. The van der Waals surface area contributed by atoms with Gasteiger partial charge in [0.15, 0.2) is 0 Å². The number of hydrogen-bond donors (Lipinski definition) is 2. The van der Waals surface area contributed by atoms with Gasteiger partial charge in [0.1, 0.15) is 23.0 Å². The average Bonchev–Trinajstić information content (AvgIpc) is 2.79. The molecule has 0 spiro atoms. The van der Waals surface area contributed by atoms with Gasteiger partial charge in [-0.1, -0.05) is 6.07 Å². The second kappa shape index (κ2) is 8.95. The maximum atomic E-state index is 13.1. The normalized spacial score (nSPS) is 15.0. The van der Waals surface area contributed by atoms with E-state index in [0.29, 0.717) is 23.5 Å². The lowest BCUT2D eigenvalue weighted by Gasteiger charge is -2.26. The quantitative estimate of drug-likeness (QED) is 0.662. The maximum Gasteiger partial charge on any atom is 0.269 e. The zero-order valence-corrected chi connectivity index (χ0v) is 17.0. The van der Waals surface area contributed by atoms with Gasteiger partial charge in [-0.2, -0.15) is 0 Å². The molecule has 3 aromatic rings. The Morgan fingerprint density at radius 1 is 1.00 bits per heavy atom. The molecule has 158 valence electrons. The highest BCUT2D eigenvalue weighted by Crippen LogP contribution is 2.29. The second-order valence-electron chi connectivity index (χ2n) is 7.41. The fourth-order valence-electron chi connectivity index (χ4n) is 3.65. The fourth-order valence-corrected chi connectivity index (χ4v) is 3.65. The third kappa shape index (κ3) is 4.88. The number of carbonyl (C=O) groups excluding carboxylic acids is 2. The van der Waals surface area contributed by atoms with E-state index < -0.39 is 0 Å². The molecular weight excluding hydrogens is 397 g/mol.